The molecule has 3 rings (SSSR count). The Morgan fingerprint density at radius 2 is 2.14 bits per heavy atom. The number of rotatable bonds is 4. The summed E-state index contributed by atoms with van der Waals surface area (Å²) in [5, 5.41) is 8.95. The van der Waals surface area contributed by atoms with Crippen LogP contribution in [0.3, 0.4) is 0 Å². The molecule has 5 heteroatoms. The molecular weight excluding hydrogens is 283 g/mol. The van der Waals surface area contributed by atoms with Crippen molar-refractivity contribution in [1.82, 2.24) is 9.38 Å². The number of nitrogens with zero attached hydrogens (tertiary/aromatic N) is 2. The van der Waals surface area contributed by atoms with Crippen LogP contribution in [0.15, 0.2) is 42.6 Å². The van der Waals surface area contributed by atoms with Gasteiger partial charge in [0.15, 0.2) is 0 Å². The standard InChI is InChI=1S/C17H15FN2O2/c1-11-10-12(5-6-13(11)18)17-14(7-8-16(21)22)20-9-3-2-4-15(20)19-17/h2-6,9-10H,7-8H2,1H3,(H,21,22). The van der Waals surface area contributed by atoms with Crippen LogP contribution in [0.25, 0.3) is 16.9 Å². The third kappa shape index (κ3) is 2.57. The molecule has 0 spiro atoms. The lowest BCUT2D eigenvalue weighted by Crippen LogP contribution is -2.01. The first-order chi connectivity index (χ1) is 10.6. The summed E-state index contributed by atoms with van der Waals surface area (Å²) < 4.78 is 15.4. The molecule has 0 bridgehead atoms. The fourth-order valence-electron chi connectivity index (χ4n) is 2.53. The Hall–Kier alpha value is -2.69. The predicted octanol–water partition coefficient (Wildman–Crippen LogP) is 3.47. The predicted molar refractivity (Wildman–Crippen MR) is 81.3 cm³/mol. The smallest absolute Gasteiger partial charge is 0.303 e. The quantitative estimate of drug-likeness (QED) is 0.802. The highest BCUT2D eigenvalue weighted by Crippen LogP contribution is 2.27. The average Bonchev–Trinajstić information content (AvgIpc) is 2.86. The van der Waals surface area contributed by atoms with Crippen LogP contribution >= 0.6 is 0 Å². The van der Waals surface area contributed by atoms with Crippen molar-refractivity contribution in [3.63, 3.8) is 0 Å². The van der Waals surface area contributed by atoms with Gasteiger partial charge in [-0.2, -0.15) is 0 Å². The lowest BCUT2D eigenvalue weighted by Gasteiger charge is -2.05. The summed E-state index contributed by atoms with van der Waals surface area (Å²) >= 11 is 0. The van der Waals surface area contributed by atoms with Crippen molar-refractivity contribution < 1.29 is 14.3 Å². The first-order valence-electron chi connectivity index (χ1n) is 7.00. The van der Waals surface area contributed by atoms with Gasteiger partial charge in [-0.3, -0.25) is 4.79 Å². The van der Waals surface area contributed by atoms with E-state index in [-0.39, 0.29) is 12.2 Å². The van der Waals surface area contributed by atoms with E-state index >= 15 is 0 Å². The number of aliphatic carboxylic acids is 1. The number of carboxylic acid groups (broad SMARTS) is 1. The number of hydrogen-bond donors (Lipinski definition) is 1. The fourth-order valence-corrected chi connectivity index (χ4v) is 2.53. The van der Waals surface area contributed by atoms with Gasteiger partial charge in [-0.05, 0) is 42.8 Å². The maximum Gasteiger partial charge on any atom is 0.303 e. The number of carboxylic acids is 1. The highest BCUT2D eigenvalue weighted by Gasteiger charge is 2.15. The van der Waals surface area contributed by atoms with Crippen LogP contribution in [0.1, 0.15) is 17.7 Å². The summed E-state index contributed by atoms with van der Waals surface area (Å²) in [5.41, 5.74) is 3.61. The molecule has 0 atom stereocenters. The molecule has 0 fully saturated rings. The van der Waals surface area contributed by atoms with Crippen molar-refractivity contribution >= 4 is 11.6 Å². The van der Waals surface area contributed by atoms with Crippen molar-refractivity contribution in [1.29, 1.82) is 0 Å². The van der Waals surface area contributed by atoms with Gasteiger partial charge in [0, 0.05) is 18.2 Å². The van der Waals surface area contributed by atoms with Gasteiger partial charge in [0.05, 0.1) is 17.8 Å². The summed E-state index contributed by atoms with van der Waals surface area (Å²) in [7, 11) is 0. The first kappa shape index (κ1) is 14.3. The minimum Gasteiger partial charge on any atom is -0.481 e. The topological polar surface area (TPSA) is 54.6 Å². The van der Waals surface area contributed by atoms with Crippen molar-refractivity contribution in [2.75, 3.05) is 0 Å². The molecule has 3 aromatic rings. The van der Waals surface area contributed by atoms with E-state index in [0.717, 1.165) is 16.9 Å². The van der Waals surface area contributed by atoms with Crippen LogP contribution in [-0.4, -0.2) is 20.5 Å². The van der Waals surface area contributed by atoms with E-state index in [0.29, 0.717) is 17.7 Å². The third-order valence-corrected chi connectivity index (χ3v) is 3.64. The second-order valence-electron chi connectivity index (χ2n) is 5.19. The maximum atomic E-state index is 13.5. The van der Waals surface area contributed by atoms with Gasteiger partial charge in [0.25, 0.3) is 0 Å². The minimum absolute atomic E-state index is 0.0237. The first-order valence-corrected chi connectivity index (χ1v) is 7.00. The number of aryl methyl sites for hydroxylation is 2. The van der Waals surface area contributed by atoms with E-state index in [4.69, 9.17) is 5.11 Å². The van der Waals surface area contributed by atoms with Crippen LogP contribution < -0.4 is 0 Å². The molecular formula is C17H15FN2O2. The van der Waals surface area contributed by atoms with Gasteiger partial charge >= 0.3 is 5.97 Å². The van der Waals surface area contributed by atoms with Crippen LogP contribution in [0.5, 0.6) is 0 Å². The highest BCUT2D eigenvalue weighted by molar-refractivity contribution is 5.70. The number of hydrogen-bond acceptors (Lipinski definition) is 2. The molecule has 0 saturated carbocycles. The van der Waals surface area contributed by atoms with E-state index in [2.05, 4.69) is 4.98 Å². The van der Waals surface area contributed by atoms with E-state index < -0.39 is 5.97 Å². The molecule has 0 saturated heterocycles. The van der Waals surface area contributed by atoms with E-state index in [1.165, 1.54) is 6.07 Å². The number of pyridine rings is 1. The summed E-state index contributed by atoms with van der Waals surface area (Å²) in [6.45, 7) is 1.70. The van der Waals surface area contributed by atoms with Crippen LogP contribution in [-0.2, 0) is 11.2 Å². The third-order valence-electron chi connectivity index (χ3n) is 3.64. The maximum absolute atomic E-state index is 13.5. The summed E-state index contributed by atoms with van der Waals surface area (Å²) in [4.78, 5) is 15.5. The fraction of sp³-hybridized carbons (Fsp3) is 0.176. The molecule has 0 aliphatic rings. The lowest BCUT2D eigenvalue weighted by atomic mass is 10.0. The van der Waals surface area contributed by atoms with E-state index in [1.807, 2.05) is 28.8 Å². The van der Waals surface area contributed by atoms with Crippen LogP contribution in [0.4, 0.5) is 4.39 Å². The zero-order valence-corrected chi connectivity index (χ0v) is 12.1. The van der Waals surface area contributed by atoms with E-state index in [1.54, 1.807) is 19.1 Å². The zero-order valence-electron chi connectivity index (χ0n) is 12.1. The Balaban J connectivity index is 2.16. The van der Waals surface area contributed by atoms with Crippen LogP contribution in [0.2, 0.25) is 0 Å². The second-order valence-corrected chi connectivity index (χ2v) is 5.19. The number of benzene rings is 1. The van der Waals surface area contributed by atoms with Gasteiger partial charge in [0.2, 0.25) is 0 Å². The molecule has 2 heterocycles. The molecule has 1 aromatic carbocycles. The Morgan fingerprint density at radius 1 is 1.32 bits per heavy atom. The molecule has 1 N–H and O–H groups in total. The SMILES string of the molecule is Cc1cc(-c2nc3ccccn3c2CCC(=O)O)ccc1F. The molecule has 0 amide bonds. The van der Waals surface area contributed by atoms with Gasteiger partial charge in [-0.1, -0.05) is 6.07 Å². The number of aromatic nitrogens is 2. The van der Waals surface area contributed by atoms with Gasteiger partial charge in [-0.25, -0.2) is 9.37 Å². The molecule has 0 aliphatic heterocycles. The van der Waals surface area contributed by atoms with E-state index in [9.17, 15) is 9.18 Å². The Bertz CT molecular complexity index is 855. The summed E-state index contributed by atoms with van der Waals surface area (Å²) in [6, 6.07) is 10.4. The summed E-state index contributed by atoms with van der Waals surface area (Å²) in [6.07, 6.45) is 2.25. The zero-order chi connectivity index (χ0) is 15.7. The number of fused-ring (bicyclic) bond motifs is 1. The molecule has 0 unspecified atom stereocenters. The normalized spacial score (nSPS) is 11.0. The van der Waals surface area contributed by atoms with Gasteiger partial charge < -0.3 is 9.51 Å². The van der Waals surface area contributed by atoms with Crippen molar-refractivity contribution in [3.05, 3.63) is 59.7 Å². The van der Waals surface area contributed by atoms with Crippen LogP contribution in [0, 0.1) is 12.7 Å². The Labute approximate surface area is 126 Å². The van der Waals surface area contributed by atoms with Crippen molar-refractivity contribution in [2.45, 2.75) is 19.8 Å². The highest BCUT2D eigenvalue weighted by atomic mass is 19.1. The molecule has 4 nitrogen and oxygen atoms in total. The summed E-state index contributed by atoms with van der Waals surface area (Å²) in [5.74, 6) is -1.12. The second kappa shape index (κ2) is 5.60. The lowest BCUT2D eigenvalue weighted by molar-refractivity contribution is -0.136. The molecule has 112 valence electrons. The number of carbonyl (C=O) groups is 1. The van der Waals surface area contributed by atoms with Gasteiger partial charge in [0.1, 0.15) is 11.5 Å². The number of halogens is 1. The Morgan fingerprint density at radius 3 is 2.86 bits per heavy atom. The largest absolute Gasteiger partial charge is 0.481 e. The Kier molecular flexibility index (Phi) is 3.63. The molecule has 2 aromatic heterocycles. The molecule has 0 radical (unpaired) electrons. The minimum atomic E-state index is -0.855. The van der Waals surface area contributed by atoms with Crippen molar-refractivity contribution in [2.24, 2.45) is 0 Å². The molecule has 22 heavy (non-hydrogen) atoms. The molecule has 0 aliphatic carbocycles. The van der Waals surface area contributed by atoms with Gasteiger partial charge in [-0.15, -0.1) is 0 Å². The van der Waals surface area contributed by atoms with Crippen molar-refractivity contribution in [3.8, 4) is 11.3 Å². The average molecular weight is 298 g/mol. The number of imidazole rings is 1. The monoisotopic (exact) mass is 298 g/mol.